The second-order valence-corrected chi connectivity index (χ2v) is 5.43. The maximum Gasteiger partial charge on any atom is 0.152 e. The second kappa shape index (κ2) is 5.64. The molecule has 1 fully saturated rings. The quantitative estimate of drug-likeness (QED) is 0.757. The molecule has 0 aromatic rings. The van der Waals surface area contributed by atoms with Crippen LogP contribution in [0.1, 0.15) is 59.3 Å². The van der Waals surface area contributed by atoms with Gasteiger partial charge in [-0.05, 0) is 45.1 Å². The fourth-order valence-electron chi connectivity index (χ4n) is 2.24. The van der Waals surface area contributed by atoms with Crippen molar-refractivity contribution in [2.24, 2.45) is 5.92 Å². The highest BCUT2D eigenvalue weighted by atomic mass is 16.1. The van der Waals surface area contributed by atoms with Gasteiger partial charge < -0.3 is 5.32 Å². The molecule has 1 unspecified atom stereocenters. The molecule has 2 nitrogen and oxygen atoms in total. The fourth-order valence-corrected chi connectivity index (χ4v) is 2.24. The lowest BCUT2D eigenvalue weighted by Crippen LogP contribution is -2.52. The van der Waals surface area contributed by atoms with Crippen molar-refractivity contribution in [2.45, 2.75) is 64.8 Å². The van der Waals surface area contributed by atoms with Crippen molar-refractivity contribution in [3.8, 4) is 0 Å². The molecule has 0 aromatic carbocycles. The summed E-state index contributed by atoms with van der Waals surface area (Å²) < 4.78 is 0. The molecule has 0 aliphatic carbocycles. The van der Waals surface area contributed by atoms with Crippen LogP contribution in [0.5, 0.6) is 0 Å². The first kappa shape index (κ1) is 12.7. The summed E-state index contributed by atoms with van der Waals surface area (Å²) in [5, 5.41) is 3.38. The Morgan fingerprint density at radius 2 is 2.13 bits per heavy atom. The van der Waals surface area contributed by atoms with Crippen molar-refractivity contribution < 1.29 is 4.79 Å². The monoisotopic (exact) mass is 211 g/mol. The number of carbonyl (C=O) groups is 1. The maximum atomic E-state index is 12.0. The molecule has 1 aliphatic heterocycles. The molecule has 1 rings (SSSR count). The first-order chi connectivity index (χ1) is 7.04. The fraction of sp³-hybridized carbons (Fsp3) is 0.923. The van der Waals surface area contributed by atoms with Gasteiger partial charge in [0.25, 0.3) is 0 Å². The molecular formula is C13H25NO. The topological polar surface area (TPSA) is 29.1 Å². The highest BCUT2D eigenvalue weighted by Crippen LogP contribution is 2.22. The molecule has 0 spiro atoms. The van der Waals surface area contributed by atoms with E-state index in [4.69, 9.17) is 0 Å². The van der Waals surface area contributed by atoms with Gasteiger partial charge >= 0.3 is 0 Å². The van der Waals surface area contributed by atoms with E-state index in [9.17, 15) is 4.79 Å². The summed E-state index contributed by atoms with van der Waals surface area (Å²) in [5.41, 5.74) is -0.213. The van der Waals surface area contributed by atoms with Gasteiger partial charge in [-0.3, -0.25) is 4.79 Å². The summed E-state index contributed by atoms with van der Waals surface area (Å²) in [7, 11) is 0. The summed E-state index contributed by atoms with van der Waals surface area (Å²) in [6.07, 6.45) is 6.40. The van der Waals surface area contributed by atoms with Gasteiger partial charge in [-0.1, -0.05) is 20.3 Å². The summed E-state index contributed by atoms with van der Waals surface area (Å²) in [4.78, 5) is 12.0. The van der Waals surface area contributed by atoms with E-state index < -0.39 is 0 Å². The van der Waals surface area contributed by atoms with Crippen molar-refractivity contribution >= 4 is 5.78 Å². The van der Waals surface area contributed by atoms with E-state index in [1.807, 2.05) is 0 Å². The Kier molecular flexibility index (Phi) is 4.78. The molecule has 1 aliphatic rings. The largest absolute Gasteiger partial charge is 0.305 e. The van der Waals surface area contributed by atoms with E-state index >= 15 is 0 Å². The van der Waals surface area contributed by atoms with E-state index in [0.29, 0.717) is 11.7 Å². The van der Waals surface area contributed by atoms with E-state index in [0.717, 1.165) is 25.8 Å². The smallest absolute Gasteiger partial charge is 0.152 e. The highest BCUT2D eigenvalue weighted by Gasteiger charge is 2.32. The Labute approximate surface area is 93.8 Å². The van der Waals surface area contributed by atoms with Crippen LogP contribution in [0.25, 0.3) is 0 Å². The highest BCUT2D eigenvalue weighted by molar-refractivity contribution is 5.88. The summed E-state index contributed by atoms with van der Waals surface area (Å²) in [6, 6.07) is 0. The predicted molar refractivity (Wildman–Crippen MR) is 64.0 cm³/mol. The second-order valence-electron chi connectivity index (χ2n) is 5.43. The number of ketones is 1. The molecule has 88 valence electrons. The van der Waals surface area contributed by atoms with Crippen molar-refractivity contribution in [2.75, 3.05) is 6.54 Å². The van der Waals surface area contributed by atoms with E-state index in [2.05, 4.69) is 26.1 Å². The third kappa shape index (κ3) is 3.94. The number of nitrogens with one attached hydrogen (secondary N) is 1. The standard InChI is InChI=1S/C13H25NO/c1-11(2)7-6-8-12(15)13(3)9-4-5-10-14-13/h11,14H,4-10H2,1-3H3. The minimum atomic E-state index is -0.213. The van der Waals surface area contributed by atoms with Crippen LogP contribution in [0.4, 0.5) is 0 Å². The predicted octanol–water partition coefficient (Wildman–Crippen LogP) is 2.91. The number of Topliss-reactive ketones (excluding diaryl/α,β-unsaturated/α-hetero) is 1. The summed E-state index contributed by atoms with van der Waals surface area (Å²) >= 11 is 0. The minimum absolute atomic E-state index is 0.213. The third-order valence-corrected chi connectivity index (χ3v) is 3.42. The number of carbonyl (C=O) groups excluding carboxylic acids is 1. The van der Waals surface area contributed by atoms with Gasteiger partial charge in [0, 0.05) is 6.42 Å². The maximum absolute atomic E-state index is 12.0. The molecule has 0 amide bonds. The number of hydrogen-bond acceptors (Lipinski definition) is 2. The zero-order chi connectivity index (χ0) is 11.3. The van der Waals surface area contributed by atoms with Crippen LogP contribution in [0.2, 0.25) is 0 Å². The average molecular weight is 211 g/mol. The zero-order valence-corrected chi connectivity index (χ0v) is 10.4. The number of rotatable bonds is 5. The van der Waals surface area contributed by atoms with Gasteiger partial charge in [0.05, 0.1) is 5.54 Å². The average Bonchev–Trinajstić information content (AvgIpc) is 2.18. The van der Waals surface area contributed by atoms with Gasteiger partial charge in [-0.15, -0.1) is 0 Å². The van der Waals surface area contributed by atoms with Gasteiger partial charge in [0.1, 0.15) is 0 Å². The van der Waals surface area contributed by atoms with Crippen LogP contribution >= 0.6 is 0 Å². The molecule has 0 radical (unpaired) electrons. The molecule has 1 atom stereocenters. The molecule has 1 N–H and O–H groups in total. The van der Waals surface area contributed by atoms with E-state index in [-0.39, 0.29) is 5.54 Å². The lowest BCUT2D eigenvalue weighted by atomic mass is 9.84. The number of piperidine rings is 1. The van der Waals surface area contributed by atoms with Crippen LogP contribution in [0, 0.1) is 5.92 Å². The van der Waals surface area contributed by atoms with E-state index in [1.165, 1.54) is 19.3 Å². The third-order valence-electron chi connectivity index (χ3n) is 3.42. The van der Waals surface area contributed by atoms with Crippen LogP contribution in [0.15, 0.2) is 0 Å². The van der Waals surface area contributed by atoms with Gasteiger partial charge in [-0.2, -0.15) is 0 Å². The van der Waals surface area contributed by atoms with Gasteiger partial charge in [-0.25, -0.2) is 0 Å². The SMILES string of the molecule is CC(C)CCCC(=O)C1(C)CCCCN1. The molecular weight excluding hydrogens is 186 g/mol. The van der Waals surface area contributed by atoms with Crippen molar-refractivity contribution in [3.05, 3.63) is 0 Å². The zero-order valence-electron chi connectivity index (χ0n) is 10.4. The molecule has 1 saturated heterocycles. The Bertz CT molecular complexity index is 205. The number of hydrogen-bond donors (Lipinski definition) is 1. The van der Waals surface area contributed by atoms with Crippen LogP contribution in [0.3, 0.4) is 0 Å². The van der Waals surface area contributed by atoms with Crippen LogP contribution in [-0.4, -0.2) is 17.9 Å². The molecule has 1 heterocycles. The van der Waals surface area contributed by atoms with E-state index in [1.54, 1.807) is 0 Å². The van der Waals surface area contributed by atoms with Gasteiger partial charge in [0.15, 0.2) is 5.78 Å². The summed E-state index contributed by atoms with van der Waals surface area (Å²) in [6.45, 7) is 7.51. The Balaban J connectivity index is 2.31. The van der Waals surface area contributed by atoms with Crippen LogP contribution in [-0.2, 0) is 4.79 Å². The molecule has 0 aromatic heterocycles. The Hall–Kier alpha value is -0.370. The van der Waals surface area contributed by atoms with Crippen molar-refractivity contribution in [1.29, 1.82) is 0 Å². The Morgan fingerprint density at radius 1 is 1.40 bits per heavy atom. The first-order valence-electron chi connectivity index (χ1n) is 6.33. The lowest BCUT2D eigenvalue weighted by Gasteiger charge is -2.33. The first-order valence-corrected chi connectivity index (χ1v) is 6.33. The van der Waals surface area contributed by atoms with Gasteiger partial charge in [0.2, 0.25) is 0 Å². The molecule has 0 bridgehead atoms. The van der Waals surface area contributed by atoms with Crippen molar-refractivity contribution in [1.82, 2.24) is 5.32 Å². The van der Waals surface area contributed by atoms with Crippen molar-refractivity contribution in [3.63, 3.8) is 0 Å². The summed E-state index contributed by atoms with van der Waals surface area (Å²) in [5.74, 6) is 1.13. The lowest BCUT2D eigenvalue weighted by molar-refractivity contribution is -0.125. The molecule has 0 saturated carbocycles. The Morgan fingerprint density at radius 3 is 2.67 bits per heavy atom. The molecule has 2 heteroatoms. The van der Waals surface area contributed by atoms with Crippen LogP contribution < -0.4 is 5.32 Å². The molecule has 15 heavy (non-hydrogen) atoms. The minimum Gasteiger partial charge on any atom is -0.305 e. The normalized spacial score (nSPS) is 26.9.